The predicted octanol–water partition coefficient (Wildman–Crippen LogP) is 3.23. The summed E-state index contributed by atoms with van der Waals surface area (Å²) in [5.74, 6) is 2.00. The van der Waals surface area contributed by atoms with Gasteiger partial charge in [0.05, 0.1) is 0 Å². The van der Waals surface area contributed by atoms with Crippen molar-refractivity contribution in [3.05, 3.63) is 29.8 Å². The smallest absolute Gasteiger partial charge is 0.319 e. The molecule has 1 aromatic rings. The molecule has 0 fully saturated rings. The molecule has 0 aliphatic rings. The second-order valence-electron chi connectivity index (χ2n) is 4.79. The van der Waals surface area contributed by atoms with Gasteiger partial charge in [0, 0.05) is 23.5 Å². The van der Waals surface area contributed by atoms with E-state index in [1.165, 1.54) is 5.56 Å². The van der Waals surface area contributed by atoms with Crippen molar-refractivity contribution >= 4 is 23.5 Å². The molecule has 0 heterocycles. The van der Waals surface area contributed by atoms with Gasteiger partial charge < -0.3 is 16.0 Å². The Morgan fingerprint density at radius 2 is 1.90 bits per heavy atom. The third kappa shape index (κ3) is 5.84. The summed E-state index contributed by atoms with van der Waals surface area (Å²) in [5.41, 5.74) is 2.01. The van der Waals surface area contributed by atoms with E-state index in [9.17, 15) is 4.79 Å². The van der Waals surface area contributed by atoms with Crippen LogP contribution in [0.5, 0.6) is 0 Å². The lowest BCUT2D eigenvalue weighted by Crippen LogP contribution is -2.37. The van der Waals surface area contributed by atoms with E-state index in [0.717, 1.165) is 17.2 Å². The fraction of sp³-hybridized carbons (Fsp3) is 0.533. The molecule has 20 heavy (non-hydrogen) atoms. The van der Waals surface area contributed by atoms with Crippen LogP contribution in [0.2, 0.25) is 0 Å². The molecule has 0 aliphatic heterocycles. The maximum absolute atomic E-state index is 11.8. The lowest BCUT2D eigenvalue weighted by molar-refractivity contribution is 0.250. The van der Waals surface area contributed by atoms with E-state index in [0.29, 0.717) is 6.04 Å². The average molecular weight is 295 g/mol. The number of amides is 2. The van der Waals surface area contributed by atoms with E-state index < -0.39 is 0 Å². The van der Waals surface area contributed by atoms with E-state index in [1.54, 1.807) is 0 Å². The standard InChI is InChI=1S/C15H25N3OS/c1-5-20-10-11(2)17-15(19)18-14-8-6-13(7-9-14)12(3)16-4/h6-9,11-12,16H,5,10H2,1-4H3,(H2,17,18,19). The van der Waals surface area contributed by atoms with Crippen LogP contribution in [-0.2, 0) is 0 Å². The lowest BCUT2D eigenvalue weighted by Gasteiger charge is -2.15. The summed E-state index contributed by atoms with van der Waals surface area (Å²) < 4.78 is 0. The van der Waals surface area contributed by atoms with Crippen molar-refractivity contribution in [2.24, 2.45) is 0 Å². The summed E-state index contributed by atoms with van der Waals surface area (Å²) in [4.78, 5) is 11.8. The molecule has 2 unspecified atom stereocenters. The third-order valence-electron chi connectivity index (χ3n) is 3.05. The van der Waals surface area contributed by atoms with Gasteiger partial charge in [-0.25, -0.2) is 4.79 Å². The summed E-state index contributed by atoms with van der Waals surface area (Å²) in [6.07, 6.45) is 0. The number of carbonyl (C=O) groups is 1. The normalized spacial score (nSPS) is 13.6. The molecule has 5 heteroatoms. The molecule has 112 valence electrons. The molecule has 0 saturated heterocycles. The number of rotatable bonds is 7. The van der Waals surface area contributed by atoms with E-state index in [2.05, 4.69) is 29.8 Å². The number of benzene rings is 1. The minimum absolute atomic E-state index is 0.149. The molecule has 1 rings (SSSR count). The van der Waals surface area contributed by atoms with E-state index in [4.69, 9.17) is 0 Å². The number of carbonyl (C=O) groups excluding carboxylic acids is 1. The Kier molecular flexibility index (Phi) is 7.47. The topological polar surface area (TPSA) is 53.2 Å². The summed E-state index contributed by atoms with van der Waals surface area (Å²) in [7, 11) is 1.93. The number of thioether (sulfide) groups is 1. The molecule has 0 aromatic heterocycles. The van der Waals surface area contributed by atoms with Gasteiger partial charge in [-0.2, -0.15) is 11.8 Å². The first kappa shape index (κ1) is 16.9. The second-order valence-corrected chi connectivity index (χ2v) is 6.11. The van der Waals surface area contributed by atoms with Crippen LogP contribution in [0.1, 0.15) is 32.4 Å². The number of anilines is 1. The predicted molar refractivity (Wildman–Crippen MR) is 88.5 cm³/mol. The first-order chi connectivity index (χ1) is 9.56. The Balaban J connectivity index is 2.45. The van der Waals surface area contributed by atoms with Gasteiger partial charge in [-0.05, 0) is 44.3 Å². The molecule has 4 nitrogen and oxygen atoms in total. The lowest BCUT2D eigenvalue weighted by atomic mass is 10.1. The minimum atomic E-state index is -0.149. The third-order valence-corrected chi connectivity index (χ3v) is 4.19. The molecule has 0 saturated carbocycles. The zero-order valence-electron chi connectivity index (χ0n) is 12.7. The maximum Gasteiger partial charge on any atom is 0.319 e. The van der Waals surface area contributed by atoms with E-state index in [-0.39, 0.29) is 12.1 Å². The van der Waals surface area contributed by atoms with Gasteiger partial charge in [0.1, 0.15) is 0 Å². The van der Waals surface area contributed by atoms with Crippen molar-refractivity contribution in [3.8, 4) is 0 Å². The van der Waals surface area contributed by atoms with Crippen molar-refractivity contribution in [1.82, 2.24) is 10.6 Å². The highest BCUT2D eigenvalue weighted by atomic mass is 32.2. The molecular weight excluding hydrogens is 270 g/mol. The largest absolute Gasteiger partial charge is 0.335 e. The molecule has 0 radical (unpaired) electrons. The molecule has 0 bridgehead atoms. The van der Waals surface area contributed by atoms with Crippen molar-refractivity contribution in [2.75, 3.05) is 23.9 Å². The van der Waals surface area contributed by atoms with E-state index in [1.807, 2.05) is 50.0 Å². The van der Waals surface area contributed by atoms with Gasteiger partial charge >= 0.3 is 6.03 Å². The minimum Gasteiger partial charge on any atom is -0.335 e. The summed E-state index contributed by atoms with van der Waals surface area (Å²) in [5, 5.41) is 8.97. The SMILES string of the molecule is CCSCC(C)NC(=O)Nc1ccc(C(C)NC)cc1. The molecule has 2 amide bonds. The van der Waals surface area contributed by atoms with Gasteiger partial charge in [-0.1, -0.05) is 19.1 Å². The summed E-state index contributed by atoms with van der Waals surface area (Å²) in [6.45, 7) is 6.23. The van der Waals surface area contributed by atoms with Crippen molar-refractivity contribution in [1.29, 1.82) is 0 Å². The van der Waals surface area contributed by atoms with Crippen LogP contribution < -0.4 is 16.0 Å². The molecule has 0 spiro atoms. The van der Waals surface area contributed by atoms with Gasteiger partial charge in [0.15, 0.2) is 0 Å². The molecule has 0 aliphatic carbocycles. The number of nitrogens with one attached hydrogen (secondary N) is 3. The van der Waals surface area contributed by atoms with Gasteiger partial charge in [-0.15, -0.1) is 0 Å². The first-order valence-electron chi connectivity index (χ1n) is 6.99. The number of urea groups is 1. The van der Waals surface area contributed by atoms with Crippen LogP contribution in [0, 0.1) is 0 Å². The Labute approximate surface area is 126 Å². The highest BCUT2D eigenvalue weighted by Crippen LogP contribution is 2.15. The first-order valence-corrected chi connectivity index (χ1v) is 8.14. The molecule has 2 atom stereocenters. The van der Waals surface area contributed by atoms with Crippen LogP contribution in [0.25, 0.3) is 0 Å². The number of hydrogen-bond donors (Lipinski definition) is 3. The fourth-order valence-corrected chi connectivity index (χ4v) is 2.42. The van der Waals surface area contributed by atoms with Gasteiger partial charge in [-0.3, -0.25) is 0 Å². The summed E-state index contributed by atoms with van der Waals surface area (Å²) in [6, 6.07) is 8.22. The van der Waals surface area contributed by atoms with E-state index >= 15 is 0 Å². The van der Waals surface area contributed by atoms with Crippen molar-refractivity contribution in [2.45, 2.75) is 32.9 Å². The Morgan fingerprint density at radius 3 is 2.45 bits per heavy atom. The van der Waals surface area contributed by atoms with Crippen LogP contribution in [-0.4, -0.2) is 30.6 Å². The van der Waals surface area contributed by atoms with Crippen LogP contribution in [0.15, 0.2) is 24.3 Å². The number of hydrogen-bond acceptors (Lipinski definition) is 3. The monoisotopic (exact) mass is 295 g/mol. The molecular formula is C15H25N3OS. The molecule has 3 N–H and O–H groups in total. The van der Waals surface area contributed by atoms with Crippen molar-refractivity contribution in [3.63, 3.8) is 0 Å². The highest BCUT2D eigenvalue weighted by molar-refractivity contribution is 7.99. The van der Waals surface area contributed by atoms with Crippen LogP contribution in [0.3, 0.4) is 0 Å². The van der Waals surface area contributed by atoms with Crippen LogP contribution >= 0.6 is 11.8 Å². The Hall–Kier alpha value is -1.20. The summed E-state index contributed by atoms with van der Waals surface area (Å²) >= 11 is 1.82. The highest BCUT2D eigenvalue weighted by Gasteiger charge is 2.07. The average Bonchev–Trinajstić information content (AvgIpc) is 2.45. The zero-order chi connectivity index (χ0) is 15.0. The van der Waals surface area contributed by atoms with Crippen LogP contribution in [0.4, 0.5) is 10.5 Å². The zero-order valence-corrected chi connectivity index (χ0v) is 13.5. The Morgan fingerprint density at radius 1 is 1.25 bits per heavy atom. The maximum atomic E-state index is 11.8. The van der Waals surface area contributed by atoms with Gasteiger partial charge in [0.2, 0.25) is 0 Å². The van der Waals surface area contributed by atoms with Gasteiger partial charge in [0.25, 0.3) is 0 Å². The Bertz CT molecular complexity index is 408. The fourth-order valence-electron chi connectivity index (χ4n) is 1.75. The molecule has 1 aromatic carbocycles. The second kappa shape index (κ2) is 8.87. The quantitative estimate of drug-likeness (QED) is 0.724. The van der Waals surface area contributed by atoms with Crippen molar-refractivity contribution < 1.29 is 4.79 Å².